The number of allylic oxidation sites excluding steroid dienone is 1. The van der Waals surface area contributed by atoms with Crippen molar-refractivity contribution >= 4 is 51.7 Å². The molecule has 0 atom stereocenters. The molecule has 0 saturated heterocycles. The third-order valence-electron chi connectivity index (χ3n) is 10.3. The van der Waals surface area contributed by atoms with Gasteiger partial charge in [-0.25, -0.2) is 14.6 Å². The first kappa shape index (κ1) is 30.0. The summed E-state index contributed by atoms with van der Waals surface area (Å²) in [7, 11) is 0. The zero-order valence-corrected chi connectivity index (χ0v) is 26.4. The van der Waals surface area contributed by atoms with E-state index in [1.165, 1.54) is 42.2 Å². The minimum atomic E-state index is -0.560. The van der Waals surface area contributed by atoms with Crippen molar-refractivity contribution in [2.24, 2.45) is 5.92 Å². The monoisotopic (exact) mass is 638 g/mol. The number of ether oxygens (including phenoxy) is 1. The third-order valence-corrected chi connectivity index (χ3v) is 10.3. The Kier molecular flexibility index (Phi) is 7.51. The van der Waals surface area contributed by atoms with E-state index in [-0.39, 0.29) is 28.9 Å². The summed E-state index contributed by atoms with van der Waals surface area (Å²) in [5.41, 5.74) is 3.65. The maximum atomic E-state index is 14.0. The van der Waals surface area contributed by atoms with Crippen molar-refractivity contribution in [2.75, 3.05) is 9.80 Å². The fourth-order valence-electron chi connectivity index (χ4n) is 7.85. The molecule has 8 nitrogen and oxygen atoms in total. The smallest absolute Gasteiger partial charge is 0.330 e. The normalized spacial score (nSPS) is 18.2. The Bertz CT molecular complexity index is 1980. The number of benzene rings is 4. The molecule has 0 bridgehead atoms. The number of rotatable bonds is 7. The van der Waals surface area contributed by atoms with E-state index in [1.807, 2.05) is 30.3 Å². The first-order valence-corrected chi connectivity index (χ1v) is 16.8. The van der Waals surface area contributed by atoms with Gasteiger partial charge in [-0.1, -0.05) is 56.0 Å². The van der Waals surface area contributed by atoms with Gasteiger partial charge in [0.15, 0.2) is 0 Å². The Balaban J connectivity index is 1.07. The van der Waals surface area contributed by atoms with Crippen LogP contribution in [0.1, 0.15) is 110 Å². The topological polar surface area (TPSA) is 101 Å². The van der Waals surface area contributed by atoms with Crippen molar-refractivity contribution in [3.05, 3.63) is 118 Å². The lowest BCUT2D eigenvalue weighted by molar-refractivity contribution is -0.139. The molecule has 0 radical (unpaired) electrons. The average molecular weight is 639 g/mol. The summed E-state index contributed by atoms with van der Waals surface area (Å²) in [6.07, 6.45) is 12.6. The van der Waals surface area contributed by atoms with Gasteiger partial charge in [0.1, 0.15) is 6.61 Å². The molecule has 4 amide bonds. The second-order valence-electron chi connectivity index (χ2n) is 13.2. The molecule has 0 N–H and O–H groups in total. The Hall–Kier alpha value is -5.37. The highest BCUT2D eigenvalue weighted by Gasteiger charge is 2.40. The van der Waals surface area contributed by atoms with E-state index in [1.54, 1.807) is 48.5 Å². The van der Waals surface area contributed by atoms with Crippen LogP contribution >= 0.6 is 0 Å². The third kappa shape index (κ3) is 5.03. The van der Waals surface area contributed by atoms with Gasteiger partial charge in [-0.2, -0.15) is 0 Å². The summed E-state index contributed by atoms with van der Waals surface area (Å²) in [6, 6.07) is 20.7. The number of imide groups is 2. The minimum Gasteiger partial charge on any atom is -0.458 e. The zero-order chi connectivity index (χ0) is 32.9. The Morgan fingerprint density at radius 2 is 1.17 bits per heavy atom. The van der Waals surface area contributed by atoms with E-state index < -0.39 is 29.6 Å². The van der Waals surface area contributed by atoms with Crippen LogP contribution in [0.4, 0.5) is 11.4 Å². The van der Waals surface area contributed by atoms with E-state index in [0.29, 0.717) is 39.5 Å². The standard InChI is InChI=1S/C40H34N2O6/c43-34(21-12-24-6-1-2-7-24)48-23-25-8-5-11-29(22-25)42-39(46)32-19-17-30-35-31(18-20-33(36(32)35)40(42)47)38(45)41(37(30)44)28-15-13-27(14-16-28)26-9-3-4-10-26/h5,8,11-22,24,26H,1-4,6-7,9-10,23H2. The number of anilines is 2. The van der Waals surface area contributed by atoms with Gasteiger partial charge in [0.2, 0.25) is 0 Å². The van der Waals surface area contributed by atoms with Crippen molar-refractivity contribution in [3.63, 3.8) is 0 Å². The zero-order valence-electron chi connectivity index (χ0n) is 26.4. The molecular formula is C40H34N2O6. The van der Waals surface area contributed by atoms with Gasteiger partial charge in [-0.05, 0) is 97.2 Å². The fourth-order valence-corrected chi connectivity index (χ4v) is 7.85. The van der Waals surface area contributed by atoms with Crippen LogP contribution in [0.5, 0.6) is 0 Å². The Morgan fingerprint density at radius 3 is 1.73 bits per heavy atom. The van der Waals surface area contributed by atoms with E-state index in [9.17, 15) is 24.0 Å². The molecule has 2 aliphatic carbocycles. The highest BCUT2D eigenvalue weighted by atomic mass is 16.5. The van der Waals surface area contributed by atoms with Crippen molar-refractivity contribution in [2.45, 2.75) is 63.9 Å². The Labute approximate surface area is 278 Å². The van der Waals surface area contributed by atoms with E-state index in [2.05, 4.69) is 0 Å². The maximum absolute atomic E-state index is 14.0. The number of carbonyl (C=O) groups excluding carboxylic acids is 5. The molecule has 4 aromatic carbocycles. The van der Waals surface area contributed by atoms with Gasteiger partial charge in [0.05, 0.1) is 11.4 Å². The molecule has 8 heteroatoms. The second-order valence-corrected chi connectivity index (χ2v) is 13.2. The number of amides is 4. The van der Waals surface area contributed by atoms with Crippen LogP contribution in [0.3, 0.4) is 0 Å². The molecule has 2 aliphatic heterocycles. The van der Waals surface area contributed by atoms with Gasteiger partial charge >= 0.3 is 5.97 Å². The predicted octanol–water partition coefficient (Wildman–Crippen LogP) is 7.89. The van der Waals surface area contributed by atoms with Crippen LogP contribution < -0.4 is 9.80 Å². The lowest BCUT2D eigenvalue weighted by atomic mass is 9.85. The van der Waals surface area contributed by atoms with E-state index >= 15 is 0 Å². The number of nitrogens with zero attached hydrogens (tertiary/aromatic N) is 2. The first-order valence-electron chi connectivity index (χ1n) is 16.8. The molecule has 2 saturated carbocycles. The quantitative estimate of drug-likeness (QED) is 0.116. The van der Waals surface area contributed by atoms with Crippen LogP contribution in [0.25, 0.3) is 10.8 Å². The molecular weight excluding hydrogens is 604 g/mol. The van der Waals surface area contributed by atoms with Gasteiger partial charge < -0.3 is 4.74 Å². The summed E-state index contributed by atoms with van der Waals surface area (Å²) in [6.45, 7) is -0.0131. The summed E-state index contributed by atoms with van der Waals surface area (Å²) < 4.78 is 5.44. The molecule has 4 aromatic rings. The van der Waals surface area contributed by atoms with Crippen molar-refractivity contribution < 1.29 is 28.7 Å². The molecule has 4 aliphatic rings. The van der Waals surface area contributed by atoms with Gasteiger partial charge in [-0.3, -0.25) is 19.2 Å². The van der Waals surface area contributed by atoms with Crippen LogP contribution in [-0.4, -0.2) is 29.6 Å². The molecule has 240 valence electrons. The minimum absolute atomic E-state index is 0.0131. The summed E-state index contributed by atoms with van der Waals surface area (Å²) >= 11 is 0. The van der Waals surface area contributed by atoms with Crippen LogP contribution in [0, 0.1) is 5.92 Å². The highest BCUT2D eigenvalue weighted by Crippen LogP contribution is 2.41. The number of hydrogen-bond acceptors (Lipinski definition) is 6. The largest absolute Gasteiger partial charge is 0.458 e. The summed E-state index contributed by atoms with van der Waals surface area (Å²) in [5.74, 6) is -1.62. The lowest BCUT2D eigenvalue weighted by Gasteiger charge is -2.32. The van der Waals surface area contributed by atoms with E-state index in [0.717, 1.165) is 30.6 Å². The maximum Gasteiger partial charge on any atom is 0.330 e. The van der Waals surface area contributed by atoms with Crippen molar-refractivity contribution in [3.8, 4) is 0 Å². The molecule has 0 aromatic heterocycles. The first-order chi connectivity index (χ1) is 23.4. The molecule has 0 unspecified atom stereocenters. The number of hydrogen-bond donors (Lipinski definition) is 0. The molecule has 48 heavy (non-hydrogen) atoms. The van der Waals surface area contributed by atoms with Crippen LogP contribution in [-0.2, 0) is 16.1 Å². The molecule has 2 heterocycles. The summed E-state index contributed by atoms with van der Waals surface area (Å²) in [4.78, 5) is 70.2. The number of carbonyl (C=O) groups is 5. The van der Waals surface area contributed by atoms with Crippen molar-refractivity contribution in [1.29, 1.82) is 0 Å². The van der Waals surface area contributed by atoms with Crippen LogP contribution in [0.2, 0.25) is 0 Å². The fraction of sp³-hybridized carbons (Fsp3) is 0.275. The van der Waals surface area contributed by atoms with Gasteiger partial charge in [0, 0.05) is 39.1 Å². The molecule has 8 rings (SSSR count). The predicted molar refractivity (Wildman–Crippen MR) is 181 cm³/mol. The summed E-state index contributed by atoms with van der Waals surface area (Å²) in [5, 5.41) is 0.639. The van der Waals surface area contributed by atoms with Gasteiger partial charge in [-0.15, -0.1) is 0 Å². The second kappa shape index (κ2) is 12.0. The van der Waals surface area contributed by atoms with Crippen LogP contribution in [0.15, 0.2) is 84.9 Å². The average Bonchev–Trinajstić information content (AvgIpc) is 3.84. The van der Waals surface area contributed by atoms with E-state index in [4.69, 9.17) is 4.74 Å². The lowest BCUT2D eigenvalue weighted by Crippen LogP contribution is -2.43. The Morgan fingerprint density at radius 1 is 0.646 bits per heavy atom. The van der Waals surface area contributed by atoms with Gasteiger partial charge in [0.25, 0.3) is 23.6 Å². The number of esters is 1. The highest BCUT2D eigenvalue weighted by molar-refractivity contribution is 6.42. The van der Waals surface area contributed by atoms with Crippen molar-refractivity contribution in [1.82, 2.24) is 0 Å². The molecule has 2 fully saturated rings. The SMILES string of the molecule is O=C(C=CC1CCCC1)OCc1cccc(N2C(=O)c3ccc4c5c(ccc(c35)C2=O)C(=O)N(c2ccc(C3CCCC3)cc2)C4=O)c1. The molecule has 0 spiro atoms.